The molecule has 0 radical (unpaired) electrons. The summed E-state index contributed by atoms with van der Waals surface area (Å²) in [5.74, 6) is 0.543. The molecular weight excluding hydrogens is 290 g/mol. The first-order valence-electron chi connectivity index (χ1n) is 8.33. The Balaban J connectivity index is 1.84. The molecule has 1 unspecified atom stereocenters. The maximum atomic E-state index is 12.0. The van der Waals surface area contributed by atoms with Crippen LogP contribution in [0.2, 0.25) is 0 Å². The average molecular weight is 317 g/mol. The molecule has 1 amide bonds. The maximum Gasteiger partial charge on any atom is 0.244 e. The van der Waals surface area contributed by atoms with Crippen LogP contribution in [0.3, 0.4) is 0 Å². The minimum Gasteiger partial charge on any atom is -0.379 e. The Morgan fingerprint density at radius 3 is 2.87 bits per heavy atom. The monoisotopic (exact) mass is 317 g/mol. The topological polar surface area (TPSA) is 54.5 Å². The van der Waals surface area contributed by atoms with E-state index in [4.69, 9.17) is 4.74 Å². The van der Waals surface area contributed by atoms with E-state index in [0.717, 1.165) is 38.3 Å². The number of hydrogen-bond donors (Lipinski definition) is 1. The molecule has 0 aromatic carbocycles. The molecule has 1 aromatic rings. The third-order valence-corrected chi connectivity index (χ3v) is 3.93. The number of nitrogens with one attached hydrogen (secondary N) is 1. The van der Waals surface area contributed by atoms with Gasteiger partial charge >= 0.3 is 0 Å². The predicted octanol–water partition coefficient (Wildman–Crippen LogP) is 1.96. The number of carbonyl (C=O) groups excluding carboxylic acids is 1. The standard InChI is InChI=1S/C18H27N3O2/c1-15(2)12-17(21-8-10-23-11-9-21)14-20-18(22)6-5-16-4-3-7-19-13-16/h3-7,13,15,17H,8-12,14H2,1-2H3,(H,20,22)/b6-5+. The van der Waals surface area contributed by atoms with Gasteiger partial charge in [0.25, 0.3) is 0 Å². The fourth-order valence-corrected chi connectivity index (χ4v) is 2.77. The Bertz CT molecular complexity index is 496. The van der Waals surface area contributed by atoms with Gasteiger partial charge in [-0.1, -0.05) is 19.9 Å². The zero-order chi connectivity index (χ0) is 16.5. The van der Waals surface area contributed by atoms with Crippen LogP contribution in [-0.2, 0) is 9.53 Å². The number of aromatic nitrogens is 1. The highest BCUT2D eigenvalue weighted by atomic mass is 16.5. The minimum atomic E-state index is -0.0594. The Labute approximate surface area is 138 Å². The summed E-state index contributed by atoms with van der Waals surface area (Å²) in [6.07, 6.45) is 7.89. The van der Waals surface area contributed by atoms with Crippen molar-refractivity contribution in [2.45, 2.75) is 26.3 Å². The Morgan fingerprint density at radius 1 is 1.43 bits per heavy atom. The highest BCUT2D eigenvalue weighted by Crippen LogP contribution is 2.13. The van der Waals surface area contributed by atoms with E-state index in [1.165, 1.54) is 0 Å². The molecule has 126 valence electrons. The Morgan fingerprint density at radius 2 is 2.22 bits per heavy atom. The Hall–Kier alpha value is -1.72. The van der Waals surface area contributed by atoms with Gasteiger partial charge in [-0.25, -0.2) is 0 Å². The average Bonchev–Trinajstić information content (AvgIpc) is 2.58. The smallest absolute Gasteiger partial charge is 0.244 e. The molecule has 23 heavy (non-hydrogen) atoms. The van der Waals surface area contributed by atoms with Crippen LogP contribution in [0, 0.1) is 5.92 Å². The lowest BCUT2D eigenvalue weighted by Crippen LogP contribution is -2.49. The largest absolute Gasteiger partial charge is 0.379 e. The molecule has 0 saturated carbocycles. The summed E-state index contributed by atoms with van der Waals surface area (Å²) >= 11 is 0. The van der Waals surface area contributed by atoms with E-state index in [-0.39, 0.29) is 5.91 Å². The van der Waals surface area contributed by atoms with Crippen LogP contribution in [0.4, 0.5) is 0 Å². The van der Waals surface area contributed by atoms with E-state index < -0.39 is 0 Å². The van der Waals surface area contributed by atoms with Crippen LogP contribution in [0.25, 0.3) is 6.08 Å². The lowest BCUT2D eigenvalue weighted by Gasteiger charge is -2.35. The molecule has 1 saturated heterocycles. The number of rotatable bonds is 7. The molecule has 1 aromatic heterocycles. The summed E-state index contributed by atoms with van der Waals surface area (Å²) in [5.41, 5.74) is 0.926. The van der Waals surface area contributed by atoms with Crippen LogP contribution in [0.1, 0.15) is 25.8 Å². The molecule has 1 aliphatic heterocycles. The van der Waals surface area contributed by atoms with E-state index >= 15 is 0 Å². The third-order valence-electron chi connectivity index (χ3n) is 3.93. The molecule has 2 heterocycles. The van der Waals surface area contributed by atoms with E-state index in [1.807, 2.05) is 12.1 Å². The van der Waals surface area contributed by atoms with Crippen LogP contribution in [-0.4, -0.2) is 54.7 Å². The van der Waals surface area contributed by atoms with E-state index in [0.29, 0.717) is 18.5 Å². The number of amides is 1. The van der Waals surface area contributed by atoms with Gasteiger partial charge in [0.2, 0.25) is 5.91 Å². The molecule has 0 bridgehead atoms. The van der Waals surface area contributed by atoms with Crippen LogP contribution in [0.15, 0.2) is 30.6 Å². The van der Waals surface area contributed by atoms with Crippen molar-refractivity contribution in [1.29, 1.82) is 0 Å². The number of nitrogens with zero attached hydrogens (tertiary/aromatic N) is 2. The number of pyridine rings is 1. The van der Waals surface area contributed by atoms with Crippen LogP contribution >= 0.6 is 0 Å². The van der Waals surface area contributed by atoms with E-state index in [9.17, 15) is 4.79 Å². The lowest BCUT2D eigenvalue weighted by atomic mass is 10.0. The molecule has 1 N–H and O–H groups in total. The first-order valence-corrected chi connectivity index (χ1v) is 8.33. The van der Waals surface area contributed by atoms with Crippen LogP contribution < -0.4 is 5.32 Å². The van der Waals surface area contributed by atoms with Crippen molar-refractivity contribution in [3.05, 3.63) is 36.2 Å². The van der Waals surface area contributed by atoms with Crippen molar-refractivity contribution in [2.75, 3.05) is 32.8 Å². The first kappa shape index (κ1) is 17.6. The summed E-state index contributed by atoms with van der Waals surface area (Å²) in [6.45, 7) is 8.56. The molecule has 5 nitrogen and oxygen atoms in total. The maximum absolute atomic E-state index is 12.0. The van der Waals surface area contributed by atoms with Gasteiger partial charge in [-0.2, -0.15) is 0 Å². The van der Waals surface area contributed by atoms with Crippen molar-refractivity contribution in [2.24, 2.45) is 5.92 Å². The van der Waals surface area contributed by atoms with Crippen LogP contribution in [0.5, 0.6) is 0 Å². The molecular formula is C18H27N3O2. The lowest BCUT2D eigenvalue weighted by molar-refractivity contribution is -0.116. The second-order valence-corrected chi connectivity index (χ2v) is 6.30. The van der Waals surface area contributed by atoms with Gasteiger partial charge in [-0.3, -0.25) is 14.7 Å². The van der Waals surface area contributed by atoms with Gasteiger partial charge in [0.1, 0.15) is 0 Å². The SMILES string of the molecule is CC(C)CC(CNC(=O)/C=C/c1cccnc1)N1CCOCC1. The number of morpholine rings is 1. The van der Waals surface area contributed by atoms with Crippen molar-refractivity contribution >= 4 is 12.0 Å². The first-order chi connectivity index (χ1) is 11.1. The normalized spacial score (nSPS) is 17.5. The van der Waals surface area contributed by atoms with Crippen molar-refractivity contribution < 1.29 is 9.53 Å². The van der Waals surface area contributed by atoms with Gasteiger partial charge in [-0.05, 0) is 30.0 Å². The van der Waals surface area contributed by atoms with Crippen molar-refractivity contribution in [3.8, 4) is 0 Å². The van der Waals surface area contributed by atoms with Crippen molar-refractivity contribution in [3.63, 3.8) is 0 Å². The summed E-state index contributed by atoms with van der Waals surface area (Å²) in [4.78, 5) is 18.5. The fraction of sp³-hybridized carbons (Fsp3) is 0.556. The van der Waals surface area contributed by atoms with Crippen molar-refractivity contribution in [1.82, 2.24) is 15.2 Å². The van der Waals surface area contributed by atoms with E-state index in [2.05, 4.69) is 29.0 Å². The predicted molar refractivity (Wildman–Crippen MR) is 91.9 cm³/mol. The Kier molecular flexibility index (Phi) is 7.23. The summed E-state index contributed by atoms with van der Waals surface area (Å²) in [6, 6.07) is 4.15. The summed E-state index contributed by atoms with van der Waals surface area (Å²) in [7, 11) is 0. The third kappa shape index (κ3) is 6.50. The zero-order valence-electron chi connectivity index (χ0n) is 14.1. The molecule has 1 fully saturated rings. The number of ether oxygens (including phenoxy) is 1. The second-order valence-electron chi connectivity index (χ2n) is 6.30. The quantitative estimate of drug-likeness (QED) is 0.781. The van der Waals surface area contributed by atoms with Gasteiger partial charge in [0.15, 0.2) is 0 Å². The highest BCUT2D eigenvalue weighted by Gasteiger charge is 2.22. The van der Waals surface area contributed by atoms with Gasteiger partial charge in [0.05, 0.1) is 13.2 Å². The van der Waals surface area contributed by atoms with Gasteiger partial charge in [-0.15, -0.1) is 0 Å². The second kappa shape index (κ2) is 9.43. The molecule has 0 aliphatic carbocycles. The molecule has 1 atom stereocenters. The molecule has 1 aliphatic rings. The number of carbonyl (C=O) groups is 1. The zero-order valence-corrected chi connectivity index (χ0v) is 14.1. The minimum absolute atomic E-state index is 0.0594. The van der Waals surface area contributed by atoms with E-state index in [1.54, 1.807) is 24.5 Å². The summed E-state index contributed by atoms with van der Waals surface area (Å²) < 4.78 is 5.42. The number of hydrogen-bond acceptors (Lipinski definition) is 4. The molecule has 5 heteroatoms. The van der Waals surface area contributed by atoms with Gasteiger partial charge < -0.3 is 10.1 Å². The highest BCUT2D eigenvalue weighted by molar-refractivity contribution is 5.91. The molecule has 2 rings (SSSR count). The fourth-order valence-electron chi connectivity index (χ4n) is 2.77. The van der Waals surface area contributed by atoms with Gasteiger partial charge in [0, 0.05) is 44.1 Å². The molecule has 0 spiro atoms. The summed E-state index contributed by atoms with van der Waals surface area (Å²) in [5, 5.41) is 3.03.